The van der Waals surface area contributed by atoms with Gasteiger partial charge in [0.2, 0.25) is 0 Å². The summed E-state index contributed by atoms with van der Waals surface area (Å²) in [6.45, 7) is 3.85. The maximum Gasteiger partial charge on any atom is 0.332 e. The number of aliphatic carboxylic acids is 1. The molecule has 0 bridgehead atoms. The number of nitriles is 1. The minimum absolute atomic E-state index is 0.0857. The monoisotopic (exact) mass is 570 g/mol. The molecule has 2 aromatic heterocycles. The van der Waals surface area contributed by atoms with Crippen molar-refractivity contribution >= 4 is 11.6 Å². The van der Waals surface area contributed by atoms with E-state index in [0.29, 0.717) is 66.3 Å². The fourth-order valence-electron chi connectivity index (χ4n) is 6.12. The van der Waals surface area contributed by atoms with Crippen LogP contribution in [0.15, 0.2) is 59.5 Å². The number of fused-ring (bicyclic) bond motifs is 1. The predicted molar refractivity (Wildman–Crippen MR) is 157 cm³/mol. The van der Waals surface area contributed by atoms with Gasteiger partial charge in [-0.25, -0.2) is 13.7 Å². The van der Waals surface area contributed by atoms with Crippen molar-refractivity contribution in [3.63, 3.8) is 0 Å². The summed E-state index contributed by atoms with van der Waals surface area (Å²) >= 11 is 0. The first-order chi connectivity index (χ1) is 20.4. The SMILES string of the molecule is CCCc1c(Cc2ccc(-c3ccccc3C#N)c(F)c2)c(=O)n(C2CCC(OC(CC)C(=O)O)CC2)c2ccnn12. The van der Waals surface area contributed by atoms with Gasteiger partial charge in [-0.15, -0.1) is 0 Å². The molecule has 42 heavy (non-hydrogen) atoms. The number of ether oxygens (including phenoxy) is 1. The lowest BCUT2D eigenvalue weighted by molar-refractivity contribution is -0.156. The molecule has 0 aliphatic heterocycles. The Morgan fingerprint density at radius 2 is 1.90 bits per heavy atom. The second-order valence-corrected chi connectivity index (χ2v) is 10.9. The van der Waals surface area contributed by atoms with Crippen LogP contribution in [0.2, 0.25) is 0 Å². The molecular formula is C33H35FN4O4. The van der Waals surface area contributed by atoms with Crippen LogP contribution in [-0.2, 0) is 22.4 Å². The highest BCUT2D eigenvalue weighted by atomic mass is 19.1. The van der Waals surface area contributed by atoms with Crippen LogP contribution < -0.4 is 5.56 Å². The predicted octanol–water partition coefficient (Wildman–Crippen LogP) is 6.08. The smallest absolute Gasteiger partial charge is 0.332 e. The van der Waals surface area contributed by atoms with Gasteiger partial charge in [0.15, 0.2) is 6.10 Å². The number of aromatic nitrogens is 3. The Hall–Kier alpha value is -4.29. The molecule has 4 aromatic rings. The van der Waals surface area contributed by atoms with Crippen molar-refractivity contribution in [1.82, 2.24) is 14.2 Å². The first-order valence-electron chi connectivity index (χ1n) is 14.6. The molecule has 1 fully saturated rings. The van der Waals surface area contributed by atoms with Crippen molar-refractivity contribution in [2.45, 2.75) is 83.5 Å². The van der Waals surface area contributed by atoms with Gasteiger partial charge in [0.05, 0.1) is 29.6 Å². The summed E-state index contributed by atoms with van der Waals surface area (Å²) in [6.07, 6.45) is 5.49. The molecule has 5 rings (SSSR count). The number of rotatable bonds is 10. The standard InChI is InChI=1S/C33H35FN4O4/c1-3-7-29-27(18-21-10-15-26(28(34)19-21)25-9-6-5-8-22(25)20-35)32(39)37(31-16-17-36-38(29)31)23-11-13-24(14-12-23)42-30(4-2)33(40)41/h5-6,8-10,15-17,19,23-24,30H,3-4,7,11-14,18H2,1-2H3,(H,40,41). The lowest BCUT2D eigenvalue weighted by atomic mass is 9.92. The van der Waals surface area contributed by atoms with Gasteiger partial charge in [0.1, 0.15) is 11.5 Å². The highest BCUT2D eigenvalue weighted by Gasteiger charge is 2.30. The maximum atomic E-state index is 15.4. The molecule has 1 unspecified atom stereocenters. The molecule has 1 saturated carbocycles. The lowest BCUT2D eigenvalue weighted by Gasteiger charge is -2.32. The van der Waals surface area contributed by atoms with Crippen LogP contribution in [0.1, 0.15) is 80.8 Å². The number of halogens is 1. The number of aryl methyl sites for hydroxylation is 1. The van der Waals surface area contributed by atoms with Gasteiger partial charge in [-0.3, -0.25) is 9.36 Å². The number of hydrogen-bond acceptors (Lipinski definition) is 5. The minimum atomic E-state index is -0.952. The van der Waals surface area contributed by atoms with Crippen LogP contribution >= 0.6 is 0 Å². The summed E-state index contributed by atoms with van der Waals surface area (Å²) in [5.41, 5.74) is 3.97. The Morgan fingerprint density at radius 1 is 1.14 bits per heavy atom. The molecule has 0 saturated heterocycles. The van der Waals surface area contributed by atoms with E-state index in [9.17, 15) is 20.0 Å². The topological polar surface area (TPSA) is 110 Å². The van der Waals surface area contributed by atoms with E-state index in [1.807, 2.05) is 28.1 Å². The molecule has 2 heterocycles. The zero-order chi connectivity index (χ0) is 29.8. The largest absolute Gasteiger partial charge is 0.479 e. The molecular weight excluding hydrogens is 535 g/mol. The lowest BCUT2D eigenvalue weighted by Crippen LogP contribution is -2.36. The molecule has 1 aliphatic rings. The number of benzene rings is 2. The summed E-state index contributed by atoms with van der Waals surface area (Å²) in [5.74, 6) is -1.40. The minimum Gasteiger partial charge on any atom is -0.479 e. The van der Waals surface area contributed by atoms with Gasteiger partial charge in [-0.05, 0) is 56.2 Å². The summed E-state index contributed by atoms with van der Waals surface area (Å²) in [6, 6.07) is 15.7. The van der Waals surface area contributed by atoms with Crippen LogP contribution in [0.25, 0.3) is 16.8 Å². The summed E-state index contributed by atoms with van der Waals surface area (Å²) in [4.78, 5) is 25.7. The van der Waals surface area contributed by atoms with Crippen LogP contribution in [0, 0.1) is 17.1 Å². The molecule has 1 N–H and O–H groups in total. The first kappa shape index (κ1) is 29.2. The number of hydrogen-bond donors (Lipinski definition) is 1. The van der Waals surface area contributed by atoms with Gasteiger partial charge in [0, 0.05) is 35.2 Å². The van der Waals surface area contributed by atoms with Crippen LogP contribution in [0.5, 0.6) is 0 Å². The van der Waals surface area contributed by atoms with E-state index in [1.165, 1.54) is 6.07 Å². The number of carbonyl (C=O) groups is 1. The quantitative estimate of drug-likeness (QED) is 0.247. The first-order valence-corrected chi connectivity index (χ1v) is 14.6. The third-order valence-corrected chi connectivity index (χ3v) is 8.20. The Bertz CT molecular complexity index is 1690. The van der Waals surface area contributed by atoms with Gasteiger partial charge in [-0.1, -0.05) is 50.6 Å². The summed E-state index contributed by atoms with van der Waals surface area (Å²) in [7, 11) is 0. The van der Waals surface area contributed by atoms with Crippen LogP contribution in [0.3, 0.4) is 0 Å². The van der Waals surface area contributed by atoms with E-state index < -0.39 is 17.9 Å². The van der Waals surface area contributed by atoms with E-state index >= 15 is 4.39 Å². The van der Waals surface area contributed by atoms with E-state index in [4.69, 9.17) is 4.74 Å². The Morgan fingerprint density at radius 3 is 2.57 bits per heavy atom. The molecule has 0 spiro atoms. The van der Waals surface area contributed by atoms with Crippen molar-refractivity contribution < 1.29 is 19.0 Å². The molecule has 218 valence electrons. The number of nitrogens with zero attached hydrogens (tertiary/aromatic N) is 4. The highest BCUT2D eigenvalue weighted by Crippen LogP contribution is 2.32. The molecule has 0 radical (unpaired) electrons. The van der Waals surface area contributed by atoms with Crippen molar-refractivity contribution in [2.24, 2.45) is 0 Å². The van der Waals surface area contributed by atoms with Crippen molar-refractivity contribution in [3.05, 3.63) is 93.3 Å². The van der Waals surface area contributed by atoms with E-state index in [0.717, 1.165) is 17.8 Å². The molecule has 1 aliphatic carbocycles. The van der Waals surface area contributed by atoms with Gasteiger partial charge in [-0.2, -0.15) is 10.4 Å². The fraction of sp³-hybridized carbons (Fsp3) is 0.394. The fourth-order valence-corrected chi connectivity index (χ4v) is 6.12. The summed E-state index contributed by atoms with van der Waals surface area (Å²) in [5, 5.41) is 23.4. The second kappa shape index (κ2) is 12.7. The van der Waals surface area contributed by atoms with Crippen LogP contribution in [-0.4, -0.2) is 37.5 Å². The molecule has 9 heteroatoms. The Kier molecular flexibility index (Phi) is 8.83. The number of carboxylic acids is 1. The van der Waals surface area contributed by atoms with Crippen molar-refractivity contribution in [2.75, 3.05) is 0 Å². The van der Waals surface area contributed by atoms with Crippen molar-refractivity contribution in [1.29, 1.82) is 5.26 Å². The van der Waals surface area contributed by atoms with Crippen molar-refractivity contribution in [3.8, 4) is 17.2 Å². The average Bonchev–Trinajstić information content (AvgIpc) is 3.47. The third kappa shape index (κ3) is 5.72. The zero-order valence-corrected chi connectivity index (χ0v) is 23.9. The Labute approximate surface area is 244 Å². The third-order valence-electron chi connectivity index (χ3n) is 8.20. The van der Waals surface area contributed by atoms with Crippen LogP contribution in [0.4, 0.5) is 4.39 Å². The van der Waals surface area contributed by atoms with E-state index in [1.54, 1.807) is 43.5 Å². The maximum absolute atomic E-state index is 15.4. The zero-order valence-electron chi connectivity index (χ0n) is 23.9. The van der Waals surface area contributed by atoms with E-state index in [-0.39, 0.29) is 24.1 Å². The molecule has 1 atom stereocenters. The highest BCUT2D eigenvalue weighted by molar-refractivity contribution is 5.72. The molecule has 2 aromatic carbocycles. The summed E-state index contributed by atoms with van der Waals surface area (Å²) < 4.78 is 24.9. The normalized spacial score (nSPS) is 17.7. The average molecular weight is 571 g/mol. The second-order valence-electron chi connectivity index (χ2n) is 10.9. The molecule has 8 nitrogen and oxygen atoms in total. The number of carboxylic acid groups (broad SMARTS) is 1. The van der Waals surface area contributed by atoms with Gasteiger partial charge < -0.3 is 9.84 Å². The Balaban J connectivity index is 1.48. The van der Waals surface area contributed by atoms with Gasteiger partial charge in [0.25, 0.3) is 5.56 Å². The molecule has 0 amide bonds. The van der Waals surface area contributed by atoms with Gasteiger partial charge >= 0.3 is 5.97 Å². The van der Waals surface area contributed by atoms with E-state index in [2.05, 4.69) is 11.2 Å².